The summed E-state index contributed by atoms with van der Waals surface area (Å²) in [6.07, 6.45) is 1.73. The zero-order valence-corrected chi connectivity index (χ0v) is 13.0. The lowest BCUT2D eigenvalue weighted by Crippen LogP contribution is -2.37. The third-order valence-corrected chi connectivity index (χ3v) is 3.85. The summed E-state index contributed by atoms with van der Waals surface area (Å²) in [6.45, 7) is 0.222. The number of fused-ring (bicyclic) bond motifs is 1. The Labute approximate surface area is 139 Å². The number of hydrogen-bond donors (Lipinski definition) is 1. The predicted molar refractivity (Wildman–Crippen MR) is 91.0 cm³/mol. The van der Waals surface area contributed by atoms with E-state index in [4.69, 9.17) is 9.47 Å². The first kappa shape index (κ1) is 14.3. The van der Waals surface area contributed by atoms with Crippen molar-refractivity contribution < 1.29 is 14.3 Å². The Morgan fingerprint density at radius 3 is 2.75 bits per heavy atom. The van der Waals surface area contributed by atoms with Crippen LogP contribution in [0.1, 0.15) is 5.56 Å². The van der Waals surface area contributed by atoms with Gasteiger partial charge in [0.1, 0.15) is 5.70 Å². The number of ether oxygens (including phenoxy) is 2. The van der Waals surface area contributed by atoms with Crippen molar-refractivity contribution in [3.63, 3.8) is 0 Å². The molecule has 0 spiro atoms. The van der Waals surface area contributed by atoms with E-state index in [9.17, 15) is 4.79 Å². The van der Waals surface area contributed by atoms with Gasteiger partial charge in [-0.25, -0.2) is 4.99 Å². The molecule has 2 heterocycles. The van der Waals surface area contributed by atoms with Crippen molar-refractivity contribution in [2.75, 3.05) is 18.7 Å². The predicted octanol–water partition coefficient (Wildman–Crippen LogP) is 2.38. The second-order valence-electron chi connectivity index (χ2n) is 5.43. The Kier molecular flexibility index (Phi) is 3.42. The number of benzene rings is 2. The van der Waals surface area contributed by atoms with Gasteiger partial charge in [-0.2, -0.15) is 0 Å². The summed E-state index contributed by atoms with van der Waals surface area (Å²) in [7, 11) is 1.86. The van der Waals surface area contributed by atoms with E-state index in [2.05, 4.69) is 10.3 Å². The van der Waals surface area contributed by atoms with Crippen LogP contribution in [0.2, 0.25) is 0 Å². The minimum Gasteiger partial charge on any atom is -0.454 e. The second-order valence-corrected chi connectivity index (χ2v) is 5.43. The maximum absolute atomic E-state index is 12.2. The summed E-state index contributed by atoms with van der Waals surface area (Å²) < 4.78 is 10.6. The highest BCUT2D eigenvalue weighted by Gasteiger charge is 2.23. The van der Waals surface area contributed by atoms with Gasteiger partial charge in [0.2, 0.25) is 12.8 Å². The summed E-state index contributed by atoms with van der Waals surface area (Å²) in [6, 6.07) is 15.2. The number of aliphatic imine (C=N–C) groups is 1. The van der Waals surface area contributed by atoms with E-state index in [1.165, 1.54) is 0 Å². The van der Waals surface area contributed by atoms with Crippen molar-refractivity contribution in [2.24, 2.45) is 4.99 Å². The molecule has 0 atom stereocenters. The molecule has 2 aliphatic rings. The number of amides is 1. The van der Waals surface area contributed by atoms with Gasteiger partial charge in [-0.3, -0.25) is 10.1 Å². The van der Waals surface area contributed by atoms with Crippen LogP contribution in [-0.2, 0) is 4.79 Å². The van der Waals surface area contributed by atoms with Gasteiger partial charge >= 0.3 is 0 Å². The molecule has 2 aromatic rings. The number of nitrogens with zero attached hydrogens (tertiary/aromatic N) is 2. The molecule has 0 saturated carbocycles. The van der Waals surface area contributed by atoms with Crippen LogP contribution >= 0.6 is 0 Å². The zero-order chi connectivity index (χ0) is 16.5. The van der Waals surface area contributed by atoms with Crippen molar-refractivity contribution in [1.29, 1.82) is 0 Å². The summed E-state index contributed by atoms with van der Waals surface area (Å²) in [5.74, 6) is 1.65. The highest BCUT2D eigenvalue weighted by atomic mass is 16.7. The summed E-state index contributed by atoms with van der Waals surface area (Å²) >= 11 is 0. The first-order valence-corrected chi connectivity index (χ1v) is 7.51. The van der Waals surface area contributed by atoms with E-state index in [0.717, 1.165) is 11.3 Å². The molecule has 6 heteroatoms. The Morgan fingerprint density at radius 1 is 1.12 bits per heavy atom. The first-order valence-electron chi connectivity index (χ1n) is 7.51. The smallest absolute Gasteiger partial charge is 0.276 e. The van der Waals surface area contributed by atoms with Crippen LogP contribution in [0.5, 0.6) is 11.5 Å². The average molecular weight is 321 g/mol. The van der Waals surface area contributed by atoms with Crippen molar-refractivity contribution in [3.05, 3.63) is 59.8 Å². The normalized spacial score (nSPS) is 17.0. The number of nitrogens with one attached hydrogen (secondary N) is 1. The number of hydrogen-bond acceptors (Lipinski definition) is 5. The van der Waals surface area contributed by atoms with Crippen molar-refractivity contribution in [3.8, 4) is 11.5 Å². The summed E-state index contributed by atoms with van der Waals surface area (Å²) in [5.41, 5.74) is 2.13. The third kappa shape index (κ3) is 2.58. The Morgan fingerprint density at radius 2 is 1.92 bits per heavy atom. The van der Waals surface area contributed by atoms with Crippen LogP contribution in [0.25, 0.3) is 6.08 Å². The summed E-state index contributed by atoms with van der Waals surface area (Å²) in [5, 5.41) is 2.79. The van der Waals surface area contributed by atoms with Crippen LogP contribution in [-0.4, -0.2) is 25.7 Å². The number of anilines is 1. The van der Waals surface area contributed by atoms with Gasteiger partial charge in [0.05, 0.1) is 0 Å². The topological polar surface area (TPSA) is 63.2 Å². The van der Waals surface area contributed by atoms with Gasteiger partial charge in [0.15, 0.2) is 11.5 Å². The van der Waals surface area contributed by atoms with Gasteiger partial charge in [-0.1, -0.05) is 24.3 Å². The average Bonchev–Trinajstić information content (AvgIpc) is 3.21. The van der Waals surface area contributed by atoms with Crippen molar-refractivity contribution >= 4 is 23.6 Å². The first-order chi connectivity index (χ1) is 11.7. The molecule has 1 amide bonds. The highest BCUT2D eigenvalue weighted by Crippen LogP contribution is 2.33. The minimum absolute atomic E-state index is 0.222. The standard InChI is InChI=1S/C18H15N3O3/c1-21(13-5-3-2-4-6-13)18-19-14(17(22)20-18)9-12-7-8-15-16(10-12)24-11-23-15/h2-10H,11H2,1H3,(H,19,20,22)/b14-9-. The lowest BCUT2D eigenvalue weighted by atomic mass is 10.1. The van der Waals surface area contributed by atoms with Crippen molar-refractivity contribution in [1.82, 2.24) is 5.32 Å². The fraction of sp³-hybridized carbons (Fsp3) is 0.111. The Balaban J connectivity index is 1.61. The number of carbonyl (C=O) groups is 1. The van der Waals surface area contributed by atoms with Crippen LogP contribution in [0.15, 0.2) is 59.2 Å². The largest absolute Gasteiger partial charge is 0.454 e. The van der Waals surface area contributed by atoms with Crippen LogP contribution in [0.4, 0.5) is 5.69 Å². The van der Waals surface area contributed by atoms with E-state index in [1.54, 1.807) is 6.08 Å². The summed E-state index contributed by atoms with van der Waals surface area (Å²) in [4.78, 5) is 18.4. The maximum atomic E-state index is 12.2. The molecule has 4 rings (SSSR count). The van der Waals surface area contributed by atoms with Gasteiger partial charge in [0, 0.05) is 12.7 Å². The maximum Gasteiger partial charge on any atom is 0.276 e. The molecule has 24 heavy (non-hydrogen) atoms. The number of para-hydroxylation sites is 1. The minimum atomic E-state index is -0.231. The van der Waals surface area contributed by atoms with E-state index < -0.39 is 0 Å². The molecule has 2 aromatic carbocycles. The molecule has 2 aliphatic heterocycles. The van der Waals surface area contributed by atoms with Gasteiger partial charge in [-0.15, -0.1) is 0 Å². The molecule has 0 radical (unpaired) electrons. The third-order valence-electron chi connectivity index (χ3n) is 3.85. The van der Waals surface area contributed by atoms with Crippen molar-refractivity contribution in [2.45, 2.75) is 0 Å². The number of carbonyl (C=O) groups excluding carboxylic acids is 1. The molecule has 0 aromatic heterocycles. The van der Waals surface area contributed by atoms with E-state index in [0.29, 0.717) is 23.2 Å². The fourth-order valence-electron chi connectivity index (χ4n) is 2.55. The monoisotopic (exact) mass is 321 g/mol. The van der Waals surface area contributed by atoms with Crippen LogP contribution in [0.3, 0.4) is 0 Å². The molecule has 0 bridgehead atoms. The molecule has 1 N–H and O–H groups in total. The molecule has 0 aliphatic carbocycles. The Hall–Kier alpha value is -3.28. The lowest BCUT2D eigenvalue weighted by molar-refractivity contribution is -0.115. The van der Waals surface area contributed by atoms with E-state index in [1.807, 2.05) is 60.5 Å². The number of rotatable bonds is 2. The zero-order valence-electron chi connectivity index (χ0n) is 13.0. The van der Waals surface area contributed by atoms with Crippen LogP contribution in [0, 0.1) is 0 Å². The molecule has 0 saturated heterocycles. The molecular formula is C18H15N3O3. The SMILES string of the molecule is CN(C1=N/C(=C\c2ccc3c(c2)OCO3)C(=O)N1)c1ccccc1. The van der Waals surface area contributed by atoms with Gasteiger partial charge in [-0.05, 0) is 35.9 Å². The number of guanidine groups is 1. The van der Waals surface area contributed by atoms with Gasteiger partial charge < -0.3 is 14.4 Å². The lowest BCUT2D eigenvalue weighted by Gasteiger charge is -2.17. The molecule has 0 unspecified atom stereocenters. The van der Waals surface area contributed by atoms with E-state index in [-0.39, 0.29) is 12.7 Å². The highest BCUT2D eigenvalue weighted by molar-refractivity contribution is 6.18. The second kappa shape index (κ2) is 5.73. The molecule has 0 fully saturated rings. The fourth-order valence-corrected chi connectivity index (χ4v) is 2.55. The van der Waals surface area contributed by atoms with Crippen LogP contribution < -0.4 is 19.7 Å². The quantitative estimate of drug-likeness (QED) is 0.863. The Bertz CT molecular complexity index is 859. The van der Waals surface area contributed by atoms with Gasteiger partial charge in [0.25, 0.3) is 5.91 Å². The molecule has 6 nitrogen and oxygen atoms in total. The molecular weight excluding hydrogens is 306 g/mol. The molecule has 120 valence electrons. The van der Waals surface area contributed by atoms with E-state index >= 15 is 0 Å².